The molecule has 0 saturated carbocycles. The predicted molar refractivity (Wildman–Crippen MR) is 76.8 cm³/mol. The van der Waals surface area contributed by atoms with E-state index in [-0.39, 0.29) is 10.8 Å². The zero-order chi connectivity index (χ0) is 15.5. The lowest BCUT2D eigenvalue weighted by molar-refractivity contribution is -0.137. The monoisotopic (exact) mass is 333 g/mol. The number of halogens is 4. The van der Waals surface area contributed by atoms with Crippen molar-refractivity contribution in [3.63, 3.8) is 0 Å². The van der Waals surface area contributed by atoms with Crippen LogP contribution in [0.15, 0.2) is 40.5 Å². The largest absolute Gasteiger partial charge is 0.416 e. The van der Waals surface area contributed by atoms with E-state index in [2.05, 4.69) is 15.3 Å². The van der Waals surface area contributed by atoms with Crippen LogP contribution in [0.4, 0.5) is 19.0 Å². The second-order valence-electron chi connectivity index (χ2n) is 4.00. The molecule has 2 aromatic rings. The van der Waals surface area contributed by atoms with Crippen LogP contribution in [0.1, 0.15) is 12.5 Å². The molecule has 0 spiro atoms. The molecule has 0 atom stereocenters. The summed E-state index contributed by atoms with van der Waals surface area (Å²) in [6, 6.07) is 5.23. The Balaban J connectivity index is 2.38. The molecule has 112 valence electrons. The summed E-state index contributed by atoms with van der Waals surface area (Å²) in [7, 11) is 0. The number of rotatable bonds is 4. The summed E-state index contributed by atoms with van der Waals surface area (Å²) in [6.45, 7) is 2.26. The molecule has 8 heteroatoms. The van der Waals surface area contributed by atoms with Gasteiger partial charge >= 0.3 is 6.18 Å². The van der Waals surface area contributed by atoms with Crippen molar-refractivity contribution in [2.45, 2.75) is 23.2 Å². The maximum absolute atomic E-state index is 12.9. The Morgan fingerprint density at radius 2 is 2.10 bits per heavy atom. The van der Waals surface area contributed by atoms with Crippen LogP contribution >= 0.6 is 23.4 Å². The van der Waals surface area contributed by atoms with Crippen LogP contribution in [0, 0.1) is 0 Å². The summed E-state index contributed by atoms with van der Waals surface area (Å²) in [5, 5.41) is 3.74. The Morgan fingerprint density at radius 3 is 2.71 bits per heavy atom. The van der Waals surface area contributed by atoms with Crippen LogP contribution in [-0.2, 0) is 6.18 Å². The van der Waals surface area contributed by atoms with Crippen LogP contribution < -0.4 is 5.32 Å². The quantitative estimate of drug-likeness (QED) is 0.877. The van der Waals surface area contributed by atoms with Crippen LogP contribution in [0.2, 0.25) is 5.02 Å². The van der Waals surface area contributed by atoms with Gasteiger partial charge in [0.1, 0.15) is 15.9 Å². The fourth-order valence-corrected chi connectivity index (χ4v) is 2.58. The number of nitrogens with one attached hydrogen (secondary N) is 1. The van der Waals surface area contributed by atoms with E-state index < -0.39 is 11.7 Å². The first kappa shape index (κ1) is 15.9. The van der Waals surface area contributed by atoms with Crippen molar-refractivity contribution < 1.29 is 13.2 Å². The van der Waals surface area contributed by atoms with Gasteiger partial charge < -0.3 is 5.32 Å². The SMILES string of the molecule is CCNc1cc(C(F)(F)F)cc(Sc2ncccc2Cl)n1. The Morgan fingerprint density at radius 1 is 1.33 bits per heavy atom. The number of alkyl halides is 3. The van der Waals surface area contributed by atoms with E-state index in [9.17, 15) is 13.2 Å². The van der Waals surface area contributed by atoms with Crippen molar-refractivity contribution in [3.8, 4) is 0 Å². The Labute approximate surface area is 128 Å². The summed E-state index contributed by atoms with van der Waals surface area (Å²) in [5.41, 5.74) is -0.761. The highest BCUT2D eigenvalue weighted by atomic mass is 35.5. The molecule has 2 heterocycles. The van der Waals surface area contributed by atoms with E-state index in [0.29, 0.717) is 16.6 Å². The van der Waals surface area contributed by atoms with Crippen molar-refractivity contribution in [3.05, 3.63) is 41.0 Å². The van der Waals surface area contributed by atoms with E-state index in [1.165, 1.54) is 6.20 Å². The lowest BCUT2D eigenvalue weighted by Crippen LogP contribution is -2.08. The van der Waals surface area contributed by atoms with E-state index in [1.54, 1.807) is 19.1 Å². The minimum atomic E-state index is -4.43. The molecule has 2 rings (SSSR count). The predicted octanol–water partition coefficient (Wildman–Crippen LogP) is 4.73. The van der Waals surface area contributed by atoms with Gasteiger partial charge in [-0.1, -0.05) is 11.6 Å². The molecular formula is C13H11ClF3N3S. The highest BCUT2D eigenvalue weighted by Gasteiger charge is 2.31. The van der Waals surface area contributed by atoms with E-state index in [0.717, 1.165) is 23.9 Å². The number of pyridine rings is 2. The maximum atomic E-state index is 12.9. The van der Waals surface area contributed by atoms with Gasteiger partial charge in [-0.3, -0.25) is 0 Å². The average molecular weight is 334 g/mol. The molecule has 0 unspecified atom stereocenters. The first-order valence-corrected chi connectivity index (χ1v) is 7.21. The minimum Gasteiger partial charge on any atom is -0.370 e. The van der Waals surface area contributed by atoms with E-state index in [1.807, 2.05) is 0 Å². The van der Waals surface area contributed by atoms with Crippen LogP contribution in [0.3, 0.4) is 0 Å². The van der Waals surface area contributed by atoms with Gasteiger partial charge in [-0.15, -0.1) is 0 Å². The minimum absolute atomic E-state index is 0.168. The average Bonchev–Trinajstić information content (AvgIpc) is 2.41. The van der Waals surface area contributed by atoms with Gasteiger partial charge in [-0.05, 0) is 43.0 Å². The Kier molecular flexibility index (Phi) is 4.95. The molecule has 2 aromatic heterocycles. The lowest BCUT2D eigenvalue weighted by atomic mass is 10.2. The van der Waals surface area contributed by atoms with Crippen molar-refractivity contribution in [2.75, 3.05) is 11.9 Å². The lowest BCUT2D eigenvalue weighted by Gasteiger charge is -2.11. The number of nitrogens with zero attached hydrogens (tertiary/aromatic N) is 2. The molecule has 3 nitrogen and oxygen atoms in total. The number of hydrogen-bond acceptors (Lipinski definition) is 4. The first-order valence-electron chi connectivity index (χ1n) is 6.01. The maximum Gasteiger partial charge on any atom is 0.416 e. The molecule has 0 radical (unpaired) electrons. The fourth-order valence-electron chi connectivity index (χ4n) is 1.54. The summed E-state index contributed by atoms with van der Waals surface area (Å²) in [4.78, 5) is 8.16. The highest BCUT2D eigenvalue weighted by Crippen LogP contribution is 2.36. The number of anilines is 1. The van der Waals surface area contributed by atoms with Crippen molar-refractivity contribution in [2.24, 2.45) is 0 Å². The third-order valence-electron chi connectivity index (χ3n) is 2.41. The number of aromatic nitrogens is 2. The molecule has 0 aliphatic heterocycles. The standard InChI is InChI=1S/C13H11ClF3N3S/c1-2-18-10-6-8(13(15,16)17)7-11(20-10)21-12-9(14)4-3-5-19-12/h3-7H,2H2,1H3,(H,18,20). The van der Waals surface area contributed by atoms with Crippen LogP contribution in [0.25, 0.3) is 0 Å². The van der Waals surface area contributed by atoms with Crippen molar-refractivity contribution >= 4 is 29.2 Å². The summed E-state index contributed by atoms with van der Waals surface area (Å²) in [5.74, 6) is 0.168. The molecule has 21 heavy (non-hydrogen) atoms. The van der Waals surface area contributed by atoms with Gasteiger partial charge in [0.05, 0.1) is 10.6 Å². The fraction of sp³-hybridized carbons (Fsp3) is 0.231. The van der Waals surface area contributed by atoms with E-state index >= 15 is 0 Å². The third-order valence-corrected chi connectivity index (χ3v) is 3.77. The van der Waals surface area contributed by atoms with Gasteiger partial charge in [0.15, 0.2) is 0 Å². The summed E-state index contributed by atoms with van der Waals surface area (Å²) in [6.07, 6.45) is -2.91. The molecule has 0 saturated heterocycles. The number of hydrogen-bond donors (Lipinski definition) is 1. The highest BCUT2D eigenvalue weighted by molar-refractivity contribution is 7.99. The van der Waals surface area contributed by atoms with Crippen LogP contribution in [-0.4, -0.2) is 16.5 Å². The molecule has 0 bridgehead atoms. The first-order chi connectivity index (χ1) is 9.90. The second kappa shape index (κ2) is 6.53. The van der Waals surface area contributed by atoms with Crippen molar-refractivity contribution in [1.29, 1.82) is 0 Å². The van der Waals surface area contributed by atoms with Gasteiger partial charge in [0.2, 0.25) is 0 Å². The Hall–Kier alpha value is -1.47. The normalized spacial score (nSPS) is 11.5. The zero-order valence-electron chi connectivity index (χ0n) is 10.9. The molecule has 0 aromatic carbocycles. The summed E-state index contributed by atoms with van der Waals surface area (Å²) >= 11 is 6.95. The Bertz CT molecular complexity index is 634. The van der Waals surface area contributed by atoms with Gasteiger partial charge in [-0.2, -0.15) is 13.2 Å². The molecule has 1 N–H and O–H groups in total. The molecule has 0 aliphatic carbocycles. The van der Waals surface area contributed by atoms with E-state index in [4.69, 9.17) is 11.6 Å². The van der Waals surface area contributed by atoms with Gasteiger partial charge in [0, 0.05) is 12.7 Å². The van der Waals surface area contributed by atoms with Crippen molar-refractivity contribution in [1.82, 2.24) is 9.97 Å². The third kappa shape index (κ3) is 4.25. The smallest absolute Gasteiger partial charge is 0.370 e. The molecular weight excluding hydrogens is 323 g/mol. The summed E-state index contributed by atoms with van der Waals surface area (Å²) < 4.78 is 38.7. The molecule has 0 aliphatic rings. The molecule has 0 amide bonds. The van der Waals surface area contributed by atoms with Gasteiger partial charge in [0.25, 0.3) is 0 Å². The second-order valence-corrected chi connectivity index (χ2v) is 5.42. The van der Waals surface area contributed by atoms with Gasteiger partial charge in [-0.25, -0.2) is 9.97 Å². The topological polar surface area (TPSA) is 37.8 Å². The van der Waals surface area contributed by atoms with Crippen LogP contribution in [0.5, 0.6) is 0 Å². The zero-order valence-corrected chi connectivity index (χ0v) is 12.5. The molecule has 0 fully saturated rings.